The van der Waals surface area contributed by atoms with Crippen LogP contribution in [-0.2, 0) is 4.79 Å². The lowest BCUT2D eigenvalue weighted by Crippen LogP contribution is -2.42. The normalized spacial score (nSPS) is 20.4. The molecule has 0 aromatic carbocycles. The summed E-state index contributed by atoms with van der Waals surface area (Å²) in [6, 6.07) is -0.161. The van der Waals surface area contributed by atoms with Gasteiger partial charge in [0.25, 0.3) is 5.91 Å². The third-order valence-electron chi connectivity index (χ3n) is 2.92. The molecular weight excluding hydrogens is 245 g/mol. The van der Waals surface area contributed by atoms with E-state index in [2.05, 4.69) is 11.8 Å². The Morgan fingerprint density at radius 1 is 1.50 bits per heavy atom. The summed E-state index contributed by atoms with van der Waals surface area (Å²) in [5, 5.41) is 0. The first-order valence-corrected chi connectivity index (χ1v) is 5.89. The van der Waals surface area contributed by atoms with Crippen molar-refractivity contribution in [3.05, 3.63) is 0 Å². The summed E-state index contributed by atoms with van der Waals surface area (Å²) >= 11 is 0. The standard InChI is InChI=1S/C12H17F3N2O/c1-3-5-11(18)17(4-2)10-6-7-16(8-10)9-12(13,14)15/h10H,4,6-9H2,1-2H3. The number of carbonyl (C=O) groups is 1. The van der Waals surface area contributed by atoms with Gasteiger partial charge in [-0.3, -0.25) is 9.69 Å². The Morgan fingerprint density at radius 2 is 2.17 bits per heavy atom. The second-order valence-corrected chi connectivity index (χ2v) is 4.26. The molecule has 0 aliphatic carbocycles. The zero-order chi connectivity index (χ0) is 13.8. The number of halogens is 3. The average molecular weight is 262 g/mol. The SMILES string of the molecule is CC#CC(=O)N(CC)C1CCN(CC(F)(F)F)C1. The smallest absolute Gasteiger partial charge is 0.328 e. The molecule has 1 saturated heterocycles. The van der Waals surface area contributed by atoms with Gasteiger partial charge in [0.15, 0.2) is 0 Å². The van der Waals surface area contributed by atoms with Crippen LogP contribution in [0.2, 0.25) is 0 Å². The van der Waals surface area contributed by atoms with Gasteiger partial charge in [0.1, 0.15) is 0 Å². The van der Waals surface area contributed by atoms with E-state index in [9.17, 15) is 18.0 Å². The summed E-state index contributed by atoms with van der Waals surface area (Å²) in [5.74, 6) is 4.65. The van der Waals surface area contributed by atoms with Gasteiger partial charge in [-0.25, -0.2) is 0 Å². The van der Waals surface area contributed by atoms with Crippen molar-refractivity contribution in [1.82, 2.24) is 9.80 Å². The van der Waals surface area contributed by atoms with Crippen molar-refractivity contribution in [2.24, 2.45) is 0 Å². The third kappa shape index (κ3) is 4.22. The third-order valence-corrected chi connectivity index (χ3v) is 2.92. The molecule has 1 heterocycles. The molecule has 1 fully saturated rings. The van der Waals surface area contributed by atoms with Crippen LogP contribution in [0.15, 0.2) is 0 Å². The van der Waals surface area contributed by atoms with Gasteiger partial charge in [0, 0.05) is 25.7 Å². The number of rotatable bonds is 3. The molecule has 1 unspecified atom stereocenters. The van der Waals surface area contributed by atoms with Gasteiger partial charge in [-0.1, -0.05) is 5.92 Å². The quantitative estimate of drug-likeness (QED) is 0.720. The van der Waals surface area contributed by atoms with Crippen LogP contribution >= 0.6 is 0 Å². The van der Waals surface area contributed by atoms with E-state index in [4.69, 9.17) is 0 Å². The second-order valence-electron chi connectivity index (χ2n) is 4.26. The maximum atomic E-state index is 12.3. The van der Waals surface area contributed by atoms with E-state index in [0.717, 1.165) is 0 Å². The first kappa shape index (κ1) is 14.8. The molecular formula is C12H17F3N2O. The summed E-state index contributed by atoms with van der Waals surface area (Å²) < 4.78 is 36.8. The molecule has 102 valence electrons. The Kier molecular flexibility index (Phi) is 5.03. The molecule has 1 amide bonds. The van der Waals surface area contributed by atoms with E-state index >= 15 is 0 Å². The molecule has 1 aliphatic rings. The fourth-order valence-corrected chi connectivity index (χ4v) is 2.21. The fourth-order valence-electron chi connectivity index (χ4n) is 2.21. The predicted octanol–water partition coefficient (Wildman–Crippen LogP) is 1.49. The molecule has 1 atom stereocenters. The highest BCUT2D eigenvalue weighted by molar-refractivity contribution is 5.93. The fraction of sp³-hybridized carbons (Fsp3) is 0.750. The number of hydrogen-bond acceptors (Lipinski definition) is 2. The van der Waals surface area contributed by atoms with Crippen molar-refractivity contribution in [2.45, 2.75) is 32.5 Å². The van der Waals surface area contributed by atoms with Gasteiger partial charge in [0.2, 0.25) is 0 Å². The predicted molar refractivity (Wildman–Crippen MR) is 61.7 cm³/mol. The van der Waals surface area contributed by atoms with Gasteiger partial charge < -0.3 is 4.90 Å². The number of nitrogens with zero attached hydrogens (tertiary/aromatic N) is 2. The highest BCUT2D eigenvalue weighted by Crippen LogP contribution is 2.22. The van der Waals surface area contributed by atoms with Crippen molar-refractivity contribution >= 4 is 5.91 Å². The zero-order valence-corrected chi connectivity index (χ0v) is 10.5. The molecule has 0 aromatic rings. The Balaban J connectivity index is 2.58. The van der Waals surface area contributed by atoms with Crippen LogP contribution < -0.4 is 0 Å². The molecule has 0 aromatic heterocycles. The monoisotopic (exact) mass is 262 g/mol. The van der Waals surface area contributed by atoms with Gasteiger partial charge in [0.05, 0.1) is 6.54 Å². The Labute approximate surface area is 105 Å². The number of hydrogen-bond donors (Lipinski definition) is 0. The van der Waals surface area contributed by atoms with Gasteiger partial charge in [-0.05, 0) is 26.2 Å². The second kappa shape index (κ2) is 6.10. The van der Waals surface area contributed by atoms with Crippen molar-refractivity contribution in [2.75, 3.05) is 26.2 Å². The van der Waals surface area contributed by atoms with Crippen LogP contribution in [0.1, 0.15) is 20.3 Å². The van der Waals surface area contributed by atoms with E-state index in [0.29, 0.717) is 19.5 Å². The lowest BCUT2D eigenvalue weighted by molar-refractivity contribution is -0.144. The molecule has 0 radical (unpaired) electrons. The summed E-state index contributed by atoms with van der Waals surface area (Å²) in [5.41, 5.74) is 0. The number of likely N-dealkylation sites (N-methyl/N-ethyl adjacent to an activating group) is 1. The Bertz CT molecular complexity index is 357. The molecule has 0 N–H and O–H groups in total. The Hall–Kier alpha value is -1.22. The maximum absolute atomic E-state index is 12.3. The molecule has 0 saturated carbocycles. The van der Waals surface area contributed by atoms with E-state index in [-0.39, 0.29) is 18.5 Å². The van der Waals surface area contributed by atoms with E-state index in [1.807, 2.05) is 6.92 Å². The molecule has 3 nitrogen and oxygen atoms in total. The molecule has 6 heteroatoms. The molecule has 1 aliphatic heterocycles. The summed E-state index contributed by atoms with van der Waals surface area (Å²) in [6.07, 6.45) is -3.61. The number of amides is 1. The maximum Gasteiger partial charge on any atom is 0.401 e. The molecule has 0 spiro atoms. The summed E-state index contributed by atoms with van der Waals surface area (Å²) in [7, 11) is 0. The first-order chi connectivity index (χ1) is 8.37. The minimum atomic E-state index is -4.18. The van der Waals surface area contributed by atoms with Crippen LogP contribution in [0.3, 0.4) is 0 Å². The number of carbonyl (C=O) groups excluding carboxylic acids is 1. The highest BCUT2D eigenvalue weighted by atomic mass is 19.4. The summed E-state index contributed by atoms with van der Waals surface area (Å²) in [6.45, 7) is 3.57. The minimum absolute atomic E-state index is 0.161. The van der Waals surface area contributed by atoms with E-state index in [1.54, 1.807) is 11.8 Å². The molecule has 18 heavy (non-hydrogen) atoms. The Morgan fingerprint density at radius 3 is 2.67 bits per heavy atom. The van der Waals surface area contributed by atoms with Crippen molar-refractivity contribution in [3.8, 4) is 11.8 Å². The van der Waals surface area contributed by atoms with Gasteiger partial charge in [-0.15, -0.1) is 0 Å². The van der Waals surface area contributed by atoms with Crippen LogP contribution in [-0.4, -0.2) is 54.1 Å². The van der Waals surface area contributed by atoms with E-state index < -0.39 is 12.7 Å². The first-order valence-electron chi connectivity index (χ1n) is 5.89. The van der Waals surface area contributed by atoms with E-state index in [1.165, 1.54) is 4.90 Å². The van der Waals surface area contributed by atoms with Gasteiger partial charge >= 0.3 is 6.18 Å². The zero-order valence-electron chi connectivity index (χ0n) is 10.5. The van der Waals surface area contributed by atoms with Crippen molar-refractivity contribution in [3.63, 3.8) is 0 Å². The topological polar surface area (TPSA) is 23.6 Å². The van der Waals surface area contributed by atoms with Crippen molar-refractivity contribution < 1.29 is 18.0 Å². The lowest BCUT2D eigenvalue weighted by Gasteiger charge is -2.26. The lowest BCUT2D eigenvalue weighted by atomic mass is 10.2. The number of likely N-dealkylation sites (tertiary alicyclic amines) is 1. The summed E-state index contributed by atoms with van der Waals surface area (Å²) in [4.78, 5) is 14.5. The average Bonchev–Trinajstić information content (AvgIpc) is 2.65. The molecule has 0 bridgehead atoms. The van der Waals surface area contributed by atoms with Crippen LogP contribution in [0.25, 0.3) is 0 Å². The van der Waals surface area contributed by atoms with Crippen LogP contribution in [0.4, 0.5) is 13.2 Å². The highest BCUT2D eigenvalue weighted by Gasteiger charge is 2.36. The largest absolute Gasteiger partial charge is 0.401 e. The molecule has 1 rings (SSSR count). The minimum Gasteiger partial charge on any atom is -0.328 e. The van der Waals surface area contributed by atoms with Gasteiger partial charge in [-0.2, -0.15) is 13.2 Å². The number of alkyl halides is 3. The van der Waals surface area contributed by atoms with Crippen molar-refractivity contribution in [1.29, 1.82) is 0 Å². The van der Waals surface area contributed by atoms with Crippen LogP contribution in [0, 0.1) is 11.8 Å². The van der Waals surface area contributed by atoms with Crippen LogP contribution in [0.5, 0.6) is 0 Å².